The third-order valence-electron chi connectivity index (χ3n) is 6.25. The average Bonchev–Trinajstić information content (AvgIpc) is 2.89. The third-order valence-corrected chi connectivity index (χ3v) is 6.25. The Hall–Kier alpha value is -2.19. The van der Waals surface area contributed by atoms with Crippen molar-refractivity contribution in [3.05, 3.63) is 81.9 Å². The number of halogens is 1. The van der Waals surface area contributed by atoms with Crippen LogP contribution in [0, 0.1) is 5.92 Å². The molecule has 0 saturated carbocycles. The van der Waals surface area contributed by atoms with E-state index >= 15 is 0 Å². The fourth-order valence-corrected chi connectivity index (χ4v) is 4.89. The second kappa shape index (κ2) is 9.75. The Bertz CT molecular complexity index is 912. The van der Waals surface area contributed by atoms with Crippen LogP contribution in [-0.2, 0) is 6.42 Å². The fourth-order valence-electron chi connectivity index (χ4n) is 4.89. The van der Waals surface area contributed by atoms with Gasteiger partial charge in [0.2, 0.25) is 0 Å². The van der Waals surface area contributed by atoms with Gasteiger partial charge in [0.1, 0.15) is 0 Å². The van der Waals surface area contributed by atoms with E-state index in [4.69, 9.17) is 0 Å². The molecule has 2 heteroatoms. The molecule has 1 nitrogen and oxygen atoms in total. The summed E-state index contributed by atoms with van der Waals surface area (Å²) in [7, 11) is 0. The molecule has 0 amide bonds. The number of hydrogen-bond donors (Lipinski definition) is 0. The van der Waals surface area contributed by atoms with Crippen LogP contribution in [0.25, 0.3) is 11.6 Å². The number of likely N-dealkylation sites (tertiary alicyclic amines) is 1. The molecule has 158 valence electrons. The molecule has 1 aliphatic carbocycles. The lowest BCUT2D eigenvalue weighted by Gasteiger charge is -2.33. The molecule has 2 aromatic rings. The minimum absolute atomic E-state index is 0.214. The van der Waals surface area contributed by atoms with Crippen LogP contribution < -0.4 is 0 Å². The molecule has 0 N–H and O–H groups in total. The van der Waals surface area contributed by atoms with Crippen molar-refractivity contribution in [3.63, 3.8) is 0 Å². The highest BCUT2D eigenvalue weighted by atomic mass is 19.1. The number of aryl methyl sites for hydroxylation is 1. The first-order valence-corrected chi connectivity index (χ1v) is 11.5. The Morgan fingerprint density at radius 2 is 1.77 bits per heavy atom. The van der Waals surface area contributed by atoms with Gasteiger partial charge in [0.05, 0.1) is 6.67 Å². The average molecular weight is 404 g/mol. The summed E-state index contributed by atoms with van der Waals surface area (Å²) in [4.78, 5) is 2.31. The lowest BCUT2D eigenvalue weighted by Crippen LogP contribution is -2.40. The first kappa shape index (κ1) is 21.1. The van der Waals surface area contributed by atoms with Gasteiger partial charge in [-0.3, -0.25) is 9.29 Å². The smallest absolute Gasteiger partial charge is 0.0906 e. The first-order valence-electron chi connectivity index (χ1n) is 11.5. The maximum atomic E-state index is 12.3. The standard InChI is InChI=1S/C28H34FN/c1-21(2)17-26-9-5-8-24-7-3-4-10-27(24)28(26)25-13-11-22(12-14-25)18-23-19-30(20-23)16-6-15-29/h3-4,7,10-14,18,21H,5-6,8-9,15-17,19-20H2,1-2H3. The highest BCUT2D eigenvalue weighted by Gasteiger charge is 2.20. The summed E-state index contributed by atoms with van der Waals surface area (Å²) in [5.41, 5.74) is 10.1. The van der Waals surface area contributed by atoms with Crippen molar-refractivity contribution in [2.45, 2.75) is 46.0 Å². The lowest BCUT2D eigenvalue weighted by atomic mass is 9.87. The second-order valence-corrected chi connectivity index (χ2v) is 9.27. The Balaban J connectivity index is 1.59. The number of nitrogens with zero attached hydrogens (tertiary/aromatic N) is 1. The van der Waals surface area contributed by atoms with Crippen LogP contribution in [0.1, 0.15) is 61.8 Å². The van der Waals surface area contributed by atoms with Gasteiger partial charge < -0.3 is 0 Å². The first-order chi connectivity index (χ1) is 14.6. The predicted molar refractivity (Wildman–Crippen MR) is 126 cm³/mol. The molecule has 1 saturated heterocycles. The van der Waals surface area contributed by atoms with Gasteiger partial charge in [-0.25, -0.2) is 0 Å². The Morgan fingerprint density at radius 1 is 1.00 bits per heavy atom. The van der Waals surface area contributed by atoms with E-state index in [1.807, 2.05) is 0 Å². The number of allylic oxidation sites excluding steroid dienone is 1. The van der Waals surface area contributed by atoms with Crippen molar-refractivity contribution in [3.8, 4) is 0 Å². The topological polar surface area (TPSA) is 3.24 Å². The van der Waals surface area contributed by atoms with Crippen LogP contribution >= 0.6 is 0 Å². The van der Waals surface area contributed by atoms with Gasteiger partial charge in [-0.1, -0.05) is 74.0 Å². The number of rotatable bonds is 7. The summed E-state index contributed by atoms with van der Waals surface area (Å²) in [6, 6.07) is 18.1. The van der Waals surface area contributed by atoms with Crippen molar-refractivity contribution in [2.24, 2.45) is 5.92 Å². The zero-order valence-electron chi connectivity index (χ0n) is 18.5. The van der Waals surface area contributed by atoms with Crippen molar-refractivity contribution < 1.29 is 4.39 Å². The molecule has 2 aliphatic rings. The summed E-state index contributed by atoms with van der Waals surface area (Å²) in [5.74, 6) is 0.670. The van der Waals surface area contributed by atoms with Crippen LogP contribution in [0.15, 0.2) is 59.7 Å². The van der Waals surface area contributed by atoms with Crippen molar-refractivity contribution >= 4 is 11.6 Å². The molecule has 4 rings (SSSR count). The minimum atomic E-state index is -0.214. The Morgan fingerprint density at radius 3 is 2.50 bits per heavy atom. The fraction of sp³-hybridized carbons (Fsp3) is 0.429. The zero-order chi connectivity index (χ0) is 20.9. The van der Waals surface area contributed by atoms with Gasteiger partial charge in [-0.2, -0.15) is 0 Å². The van der Waals surface area contributed by atoms with Crippen LogP contribution in [0.3, 0.4) is 0 Å². The molecule has 0 spiro atoms. The molecule has 0 unspecified atom stereocenters. The van der Waals surface area contributed by atoms with Crippen LogP contribution in [0.5, 0.6) is 0 Å². The SMILES string of the molecule is CC(C)CC1=C(c2ccc(C=C3CN(CCCF)C3)cc2)c2ccccc2CCC1. The van der Waals surface area contributed by atoms with Gasteiger partial charge >= 0.3 is 0 Å². The second-order valence-electron chi connectivity index (χ2n) is 9.27. The van der Waals surface area contributed by atoms with Gasteiger partial charge in [0.25, 0.3) is 0 Å². The van der Waals surface area contributed by atoms with Gasteiger partial charge in [0, 0.05) is 19.6 Å². The highest BCUT2D eigenvalue weighted by molar-refractivity contribution is 5.84. The van der Waals surface area contributed by atoms with Crippen LogP contribution in [0.2, 0.25) is 0 Å². The van der Waals surface area contributed by atoms with Crippen molar-refractivity contribution in [1.82, 2.24) is 4.90 Å². The minimum Gasteiger partial charge on any atom is -0.295 e. The number of alkyl halides is 1. The highest BCUT2D eigenvalue weighted by Crippen LogP contribution is 2.37. The Labute approximate surface area is 181 Å². The predicted octanol–water partition coefficient (Wildman–Crippen LogP) is 6.93. The van der Waals surface area contributed by atoms with Crippen molar-refractivity contribution in [1.29, 1.82) is 0 Å². The van der Waals surface area contributed by atoms with E-state index < -0.39 is 0 Å². The maximum Gasteiger partial charge on any atom is 0.0906 e. The molecule has 1 aliphatic heterocycles. The van der Waals surface area contributed by atoms with E-state index in [1.165, 1.54) is 59.1 Å². The largest absolute Gasteiger partial charge is 0.295 e. The summed E-state index contributed by atoms with van der Waals surface area (Å²) in [5, 5.41) is 0. The lowest BCUT2D eigenvalue weighted by molar-refractivity contribution is 0.239. The molecular weight excluding hydrogens is 369 g/mol. The van der Waals surface area contributed by atoms with E-state index in [9.17, 15) is 4.39 Å². The van der Waals surface area contributed by atoms with E-state index in [-0.39, 0.29) is 6.67 Å². The molecule has 0 aromatic heterocycles. The van der Waals surface area contributed by atoms with Crippen LogP contribution in [0.4, 0.5) is 4.39 Å². The molecule has 1 fully saturated rings. The summed E-state index contributed by atoms with van der Waals surface area (Å²) in [6.45, 7) is 7.28. The van der Waals surface area contributed by atoms with E-state index in [0.717, 1.165) is 19.6 Å². The summed E-state index contributed by atoms with van der Waals surface area (Å²) in [6.07, 6.45) is 7.74. The van der Waals surface area contributed by atoms with E-state index in [0.29, 0.717) is 12.3 Å². The number of fused-ring (bicyclic) bond motifs is 1. The molecule has 1 heterocycles. The van der Waals surface area contributed by atoms with Crippen molar-refractivity contribution in [2.75, 3.05) is 26.3 Å². The van der Waals surface area contributed by atoms with Gasteiger partial charge in [0.15, 0.2) is 0 Å². The molecule has 0 atom stereocenters. The zero-order valence-corrected chi connectivity index (χ0v) is 18.5. The van der Waals surface area contributed by atoms with E-state index in [1.54, 1.807) is 5.57 Å². The Kier molecular flexibility index (Phi) is 6.84. The quantitative estimate of drug-likeness (QED) is 0.484. The number of benzene rings is 2. The van der Waals surface area contributed by atoms with E-state index in [2.05, 4.69) is 73.4 Å². The van der Waals surface area contributed by atoms with Gasteiger partial charge in [-0.15, -0.1) is 0 Å². The molecule has 30 heavy (non-hydrogen) atoms. The third kappa shape index (κ3) is 4.92. The summed E-state index contributed by atoms with van der Waals surface area (Å²) < 4.78 is 12.3. The maximum absolute atomic E-state index is 12.3. The molecule has 2 aromatic carbocycles. The molecule has 0 radical (unpaired) electrons. The molecular formula is C28H34FN. The summed E-state index contributed by atoms with van der Waals surface area (Å²) >= 11 is 0. The van der Waals surface area contributed by atoms with Gasteiger partial charge in [-0.05, 0) is 71.4 Å². The monoisotopic (exact) mass is 403 g/mol. The van der Waals surface area contributed by atoms with Crippen LogP contribution in [-0.4, -0.2) is 31.2 Å². The molecule has 0 bridgehead atoms. The normalized spacial score (nSPS) is 17.0. The number of hydrogen-bond acceptors (Lipinski definition) is 1.